The van der Waals surface area contributed by atoms with Crippen molar-refractivity contribution in [3.8, 4) is 0 Å². The second-order valence-corrected chi connectivity index (χ2v) is 3.65. The topological polar surface area (TPSA) is 37.8 Å². The predicted octanol–water partition coefficient (Wildman–Crippen LogP) is 1.94. The molecular weight excluding hydrogens is 218 g/mol. The first-order valence-corrected chi connectivity index (χ1v) is 5.35. The number of aromatic nitrogens is 2. The Kier molecular flexibility index (Phi) is 3.56. The summed E-state index contributed by atoms with van der Waals surface area (Å²) in [7, 11) is 0. The molecule has 1 N–H and O–H groups in total. The van der Waals surface area contributed by atoms with Gasteiger partial charge in [0.25, 0.3) is 0 Å². The van der Waals surface area contributed by atoms with Crippen LogP contribution in [0.5, 0.6) is 0 Å². The monoisotopic (exact) mass is 229 g/mol. The number of hydrogen-bond acceptors (Lipinski definition) is 3. The Balaban J connectivity index is 1.95. The highest BCUT2D eigenvalue weighted by atomic mass is 32.1. The van der Waals surface area contributed by atoms with Gasteiger partial charge in [-0.15, -0.1) is 0 Å². The van der Waals surface area contributed by atoms with E-state index in [1.165, 1.54) is 0 Å². The molecule has 0 unspecified atom stereocenters. The Bertz CT molecular complexity index is 456. The molecule has 0 radical (unpaired) electrons. The van der Waals surface area contributed by atoms with Crippen molar-refractivity contribution in [2.45, 2.75) is 6.54 Å². The molecule has 0 saturated heterocycles. The van der Waals surface area contributed by atoms with Gasteiger partial charge in [0, 0.05) is 24.2 Å². The van der Waals surface area contributed by atoms with Crippen LogP contribution in [0, 0.1) is 0 Å². The van der Waals surface area contributed by atoms with Gasteiger partial charge in [-0.3, -0.25) is 9.97 Å². The molecule has 0 bridgehead atoms. The molecule has 0 spiro atoms. The fourth-order valence-corrected chi connectivity index (χ4v) is 1.49. The van der Waals surface area contributed by atoms with Crippen LogP contribution in [0.1, 0.15) is 11.3 Å². The minimum Gasteiger partial charge on any atom is -0.370 e. The molecule has 16 heavy (non-hydrogen) atoms. The van der Waals surface area contributed by atoms with Gasteiger partial charge in [-0.25, -0.2) is 0 Å². The Hall–Kier alpha value is -1.81. The maximum atomic E-state index is 5.25. The smallest absolute Gasteiger partial charge is 0.107 e. The zero-order chi connectivity index (χ0) is 11.2. The molecule has 0 aromatic carbocycles. The number of nitrogens with one attached hydrogen (secondary N) is 1. The number of rotatable bonds is 3. The third-order valence-electron chi connectivity index (χ3n) is 2.10. The van der Waals surface area contributed by atoms with E-state index in [0.29, 0.717) is 11.5 Å². The lowest BCUT2D eigenvalue weighted by Gasteiger charge is -2.06. The minimum atomic E-state index is 0.641. The SMILES string of the molecule is S=C(NCc1ccccn1)c1ccncc1. The zero-order valence-corrected chi connectivity index (χ0v) is 9.45. The van der Waals surface area contributed by atoms with Crippen molar-refractivity contribution in [1.29, 1.82) is 0 Å². The maximum Gasteiger partial charge on any atom is 0.107 e. The van der Waals surface area contributed by atoms with Gasteiger partial charge < -0.3 is 5.32 Å². The van der Waals surface area contributed by atoms with E-state index in [1.807, 2.05) is 30.3 Å². The molecule has 0 aliphatic carbocycles. The van der Waals surface area contributed by atoms with E-state index < -0.39 is 0 Å². The highest BCUT2D eigenvalue weighted by Gasteiger charge is 1.99. The van der Waals surface area contributed by atoms with Crippen LogP contribution in [-0.2, 0) is 6.54 Å². The number of hydrogen-bond donors (Lipinski definition) is 1. The third-order valence-corrected chi connectivity index (χ3v) is 2.48. The zero-order valence-electron chi connectivity index (χ0n) is 8.63. The highest BCUT2D eigenvalue weighted by Crippen LogP contribution is 1.99. The summed E-state index contributed by atoms with van der Waals surface area (Å²) < 4.78 is 0. The van der Waals surface area contributed by atoms with Gasteiger partial charge in [0.15, 0.2) is 0 Å². The van der Waals surface area contributed by atoms with E-state index in [2.05, 4.69) is 15.3 Å². The molecule has 3 nitrogen and oxygen atoms in total. The van der Waals surface area contributed by atoms with Crippen molar-refractivity contribution in [3.63, 3.8) is 0 Å². The lowest BCUT2D eigenvalue weighted by atomic mass is 10.2. The summed E-state index contributed by atoms with van der Waals surface area (Å²) in [4.78, 5) is 8.87. The van der Waals surface area contributed by atoms with Crippen molar-refractivity contribution in [2.75, 3.05) is 0 Å². The molecule has 0 aliphatic rings. The Labute approximate surface area is 99.6 Å². The summed E-state index contributed by atoms with van der Waals surface area (Å²) in [6.45, 7) is 0.641. The van der Waals surface area contributed by atoms with E-state index >= 15 is 0 Å². The molecule has 2 heterocycles. The van der Waals surface area contributed by atoms with E-state index in [4.69, 9.17) is 12.2 Å². The third kappa shape index (κ3) is 2.84. The van der Waals surface area contributed by atoms with Gasteiger partial charge in [0.2, 0.25) is 0 Å². The first kappa shape index (κ1) is 10.7. The quantitative estimate of drug-likeness (QED) is 0.816. The van der Waals surface area contributed by atoms with E-state index in [0.717, 1.165) is 11.3 Å². The van der Waals surface area contributed by atoms with Crippen molar-refractivity contribution < 1.29 is 0 Å². The summed E-state index contributed by atoms with van der Waals surface area (Å²) in [5.74, 6) is 0. The predicted molar refractivity (Wildman–Crippen MR) is 67.0 cm³/mol. The lowest BCUT2D eigenvalue weighted by molar-refractivity contribution is 0.884. The van der Waals surface area contributed by atoms with Crippen LogP contribution in [0.2, 0.25) is 0 Å². The molecule has 2 aromatic rings. The van der Waals surface area contributed by atoms with Crippen molar-refractivity contribution >= 4 is 17.2 Å². The van der Waals surface area contributed by atoms with Crippen LogP contribution >= 0.6 is 12.2 Å². The fraction of sp³-hybridized carbons (Fsp3) is 0.0833. The number of thiocarbonyl (C=S) groups is 1. The van der Waals surface area contributed by atoms with Crippen molar-refractivity contribution in [1.82, 2.24) is 15.3 Å². The molecule has 0 atom stereocenters. The summed E-state index contributed by atoms with van der Waals surface area (Å²) in [5.41, 5.74) is 1.94. The first-order valence-electron chi connectivity index (χ1n) is 4.94. The number of pyridine rings is 2. The molecule has 4 heteroatoms. The van der Waals surface area contributed by atoms with Gasteiger partial charge in [0.1, 0.15) is 4.99 Å². The van der Waals surface area contributed by atoms with Gasteiger partial charge >= 0.3 is 0 Å². The Morgan fingerprint density at radius 2 is 1.94 bits per heavy atom. The summed E-state index contributed by atoms with van der Waals surface area (Å²) in [5, 5.41) is 3.16. The summed E-state index contributed by atoms with van der Waals surface area (Å²) in [6, 6.07) is 9.58. The highest BCUT2D eigenvalue weighted by molar-refractivity contribution is 7.80. The molecule has 0 aliphatic heterocycles. The Morgan fingerprint density at radius 1 is 1.12 bits per heavy atom. The van der Waals surface area contributed by atoms with Crippen LogP contribution in [0.3, 0.4) is 0 Å². The molecular formula is C12H11N3S. The normalized spacial score (nSPS) is 9.75. The van der Waals surface area contributed by atoms with Gasteiger partial charge in [-0.2, -0.15) is 0 Å². The van der Waals surface area contributed by atoms with E-state index in [1.54, 1.807) is 18.6 Å². The standard InChI is InChI=1S/C12H11N3S/c16-12(10-4-7-13-8-5-10)15-9-11-3-1-2-6-14-11/h1-8H,9H2,(H,15,16). The average Bonchev–Trinajstić information content (AvgIpc) is 2.38. The van der Waals surface area contributed by atoms with Gasteiger partial charge in [-0.05, 0) is 24.3 Å². The molecule has 0 amide bonds. The second-order valence-electron chi connectivity index (χ2n) is 3.24. The maximum absolute atomic E-state index is 5.25. The van der Waals surface area contributed by atoms with Crippen LogP contribution in [0.4, 0.5) is 0 Å². The van der Waals surface area contributed by atoms with E-state index in [-0.39, 0.29) is 0 Å². The molecule has 80 valence electrons. The van der Waals surface area contributed by atoms with E-state index in [9.17, 15) is 0 Å². The van der Waals surface area contributed by atoms with Gasteiger partial charge in [-0.1, -0.05) is 18.3 Å². The second kappa shape index (κ2) is 5.32. The largest absolute Gasteiger partial charge is 0.370 e. The minimum absolute atomic E-state index is 0.641. The summed E-state index contributed by atoms with van der Waals surface area (Å²) in [6.07, 6.45) is 5.22. The molecule has 2 aromatic heterocycles. The Morgan fingerprint density at radius 3 is 2.62 bits per heavy atom. The van der Waals surface area contributed by atoms with Crippen molar-refractivity contribution in [3.05, 3.63) is 60.2 Å². The van der Waals surface area contributed by atoms with Crippen molar-refractivity contribution in [2.24, 2.45) is 0 Å². The summed E-state index contributed by atoms with van der Waals surface area (Å²) >= 11 is 5.25. The van der Waals surface area contributed by atoms with Crippen LogP contribution in [0.25, 0.3) is 0 Å². The fourth-order valence-electron chi connectivity index (χ4n) is 1.28. The van der Waals surface area contributed by atoms with Crippen LogP contribution in [0.15, 0.2) is 48.9 Å². The first-order chi connectivity index (χ1) is 7.86. The molecule has 2 rings (SSSR count). The molecule has 0 fully saturated rings. The average molecular weight is 229 g/mol. The van der Waals surface area contributed by atoms with Gasteiger partial charge in [0.05, 0.1) is 12.2 Å². The van der Waals surface area contributed by atoms with Crippen LogP contribution < -0.4 is 5.32 Å². The lowest BCUT2D eigenvalue weighted by Crippen LogP contribution is -2.22. The molecule has 0 saturated carbocycles. The number of nitrogens with zero attached hydrogens (tertiary/aromatic N) is 2. The van der Waals surface area contributed by atoms with Crippen LogP contribution in [-0.4, -0.2) is 15.0 Å².